The molecule has 0 amide bonds. The number of fused-ring (bicyclic) bond motifs is 1. The first-order chi connectivity index (χ1) is 11.8. The van der Waals surface area contributed by atoms with Crippen molar-refractivity contribution in [3.05, 3.63) is 60.7 Å². The van der Waals surface area contributed by atoms with Gasteiger partial charge in [-0.2, -0.15) is 0 Å². The predicted octanol–water partition coefficient (Wildman–Crippen LogP) is 4.60. The van der Waals surface area contributed by atoms with Gasteiger partial charge in [0, 0.05) is 30.0 Å². The number of nitrogens with zero attached hydrogens (tertiary/aromatic N) is 1. The molecule has 0 aliphatic carbocycles. The van der Waals surface area contributed by atoms with Gasteiger partial charge < -0.3 is 9.47 Å². The first-order valence-electron chi connectivity index (χ1n) is 8.18. The normalized spacial score (nSPS) is 17.3. The minimum atomic E-state index is -0.277. The number of hydrogen-bond donors (Lipinski definition) is 0. The van der Waals surface area contributed by atoms with E-state index < -0.39 is 0 Å². The molecule has 1 fully saturated rings. The van der Waals surface area contributed by atoms with Crippen molar-refractivity contribution in [1.82, 2.24) is 4.98 Å². The number of ether oxygens (including phenoxy) is 2. The summed E-state index contributed by atoms with van der Waals surface area (Å²) in [5.74, 6) is 0.400. The van der Waals surface area contributed by atoms with Crippen LogP contribution in [0.4, 0.5) is 4.39 Å². The van der Waals surface area contributed by atoms with Gasteiger partial charge in [0.1, 0.15) is 18.2 Å². The highest BCUT2D eigenvalue weighted by Crippen LogP contribution is 2.35. The van der Waals surface area contributed by atoms with Crippen LogP contribution >= 0.6 is 0 Å². The monoisotopic (exact) mass is 323 g/mol. The third-order valence-electron chi connectivity index (χ3n) is 4.36. The standard InChI is InChI=1S/C20H18FNO2/c21-15-6-7-20(24-13-16-4-2-10-23-16)19(11-15)18-5-1-3-14-12-22-9-8-17(14)18/h1,3,5-9,11-12,16H,2,4,10,13H2. The zero-order valence-corrected chi connectivity index (χ0v) is 13.2. The van der Waals surface area contributed by atoms with Gasteiger partial charge in [0.15, 0.2) is 0 Å². The smallest absolute Gasteiger partial charge is 0.127 e. The van der Waals surface area contributed by atoms with Crippen LogP contribution in [0.1, 0.15) is 12.8 Å². The van der Waals surface area contributed by atoms with Gasteiger partial charge in [0.25, 0.3) is 0 Å². The Balaban J connectivity index is 1.74. The molecular formula is C20H18FNO2. The van der Waals surface area contributed by atoms with Crippen molar-refractivity contribution in [3.8, 4) is 16.9 Å². The third-order valence-corrected chi connectivity index (χ3v) is 4.36. The van der Waals surface area contributed by atoms with E-state index in [1.54, 1.807) is 12.3 Å². The Morgan fingerprint density at radius 1 is 1.17 bits per heavy atom. The Labute approximate surface area is 140 Å². The lowest BCUT2D eigenvalue weighted by Gasteiger charge is -2.16. The molecule has 1 aromatic heterocycles. The van der Waals surface area contributed by atoms with Crippen LogP contribution in [0, 0.1) is 5.82 Å². The SMILES string of the molecule is Fc1ccc(OCC2CCCO2)c(-c2cccc3cnccc23)c1. The quantitative estimate of drug-likeness (QED) is 0.703. The lowest BCUT2D eigenvalue weighted by molar-refractivity contribution is 0.0681. The second-order valence-electron chi connectivity index (χ2n) is 5.99. The van der Waals surface area contributed by atoms with Crippen LogP contribution < -0.4 is 4.74 Å². The molecule has 4 rings (SSSR count). The molecule has 4 heteroatoms. The number of hydrogen-bond acceptors (Lipinski definition) is 3. The summed E-state index contributed by atoms with van der Waals surface area (Å²) in [6, 6.07) is 12.5. The van der Waals surface area contributed by atoms with E-state index in [4.69, 9.17) is 9.47 Å². The number of rotatable bonds is 4. The maximum Gasteiger partial charge on any atom is 0.127 e. The Hall–Kier alpha value is -2.46. The molecule has 122 valence electrons. The van der Waals surface area contributed by atoms with Crippen molar-refractivity contribution < 1.29 is 13.9 Å². The van der Waals surface area contributed by atoms with Crippen molar-refractivity contribution in [2.75, 3.05) is 13.2 Å². The number of benzene rings is 2. The molecule has 0 N–H and O–H groups in total. The average molecular weight is 323 g/mol. The fourth-order valence-corrected chi connectivity index (χ4v) is 3.15. The molecule has 1 aliphatic rings. The fourth-order valence-electron chi connectivity index (χ4n) is 3.15. The average Bonchev–Trinajstić information content (AvgIpc) is 3.14. The van der Waals surface area contributed by atoms with Gasteiger partial charge in [-0.15, -0.1) is 0 Å². The van der Waals surface area contributed by atoms with E-state index in [1.165, 1.54) is 12.1 Å². The van der Waals surface area contributed by atoms with E-state index in [2.05, 4.69) is 4.98 Å². The van der Waals surface area contributed by atoms with Crippen molar-refractivity contribution >= 4 is 10.8 Å². The van der Waals surface area contributed by atoms with Crippen molar-refractivity contribution in [2.24, 2.45) is 0 Å². The maximum absolute atomic E-state index is 13.9. The summed E-state index contributed by atoms with van der Waals surface area (Å²) >= 11 is 0. The number of halogens is 1. The minimum absolute atomic E-state index is 0.125. The highest BCUT2D eigenvalue weighted by molar-refractivity contribution is 5.97. The Bertz CT molecular complexity index is 854. The van der Waals surface area contributed by atoms with Crippen LogP contribution in [-0.2, 0) is 4.74 Å². The van der Waals surface area contributed by atoms with E-state index in [1.807, 2.05) is 30.5 Å². The van der Waals surface area contributed by atoms with Crippen LogP contribution in [0.5, 0.6) is 5.75 Å². The molecule has 3 aromatic rings. The van der Waals surface area contributed by atoms with E-state index >= 15 is 0 Å². The molecule has 0 radical (unpaired) electrons. The molecule has 0 spiro atoms. The lowest BCUT2D eigenvalue weighted by atomic mass is 9.98. The zero-order chi connectivity index (χ0) is 16.4. The molecule has 1 atom stereocenters. The van der Waals surface area contributed by atoms with E-state index in [-0.39, 0.29) is 11.9 Å². The second-order valence-corrected chi connectivity index (χ2v) is 5.99. The zero-order valence-electron chi connectivity index (χ0n) is 13.2. The number of aromatic nitrogens is 1. The number of pyridine rings is 1. The highest BCUT2D eigenvalue weighted by atomic mass is 19.1. The summed E-state index contributed by atoms with van der Waals surface area (Å²) in [6.45, 7) is 1.28. The molecule has 1 saturated heterocycles. The van der Waals surface area contributed by atoms with Gasteiger partial charge >= 0.3 is 0 Å². The van der Waals surface area contributed by atoms with Crippen molar-refractivity contribution in [2.45, 2.75) is 18.9 Å². The second kappa shape index (κ2) is 6.57. The Kier molecular flexibility index (Phi) is 4.13. The first kappa shape index (κ1) is 15.1. The molecule has 24 heavy (non-hydrogen) atoms. The van der Waals surface area contributed by atoms with Crippen LogP contribution in [0.2, 0.25) is 0 Å². The predicted molar refractivity (Wildman–Crippen MR) is 91.6 cm³/mol. The van der Waals surface area contributed by atoms with Crippen molar-refractivity contribution in [1.29, 1.82) is 0 Å². The van der Waals surface area contributed by atoms with Gasteiger partial charge in [-0.1, -0.05) is 18.2 Å². The molecule has 0 saturated carbocycles. The summed E-state index contributed by atoms with van der Waals surface area (Å²) in [5, 5.41) is 2.05. The van der Waals surface area contributed by atoms with Gasteiger partial charge in [-0.25, -0.2) is 4.39 Å². The maximum atomic E-state index is 13.9. The van der Waals surface area contributed by atoms with Gasteiger partial charge in [-0.05, 0) is 48.1 Å². The van der Waals surface area contributed by atoms with Crippen LogP contribution in [0.3, 0.4) is 0 Å². The van der Waals surface area contributed by atoms with Gasteiger partial charge in [0.2, 0.25) is 0 Å². The first-order valence-corrected chi connectivity index (χ1v) is 8.18. The van der Waals surface area contributed by atoms with Crippen molar-refractivity contribution in [3.63, 3.8) is 0 Å². The van der Waals surface area contributed by atoms with E-state index in [0.29, 0.717) is 12.4 Å². The molecule has 2 aromatic carbocycles. The minimum Gasteiger partial charge on any atom is -0.490 e. The Morgan fingerprint density at radius 3 is 3.00 bits per heavy atom. The molecular weight excluding hydrogens is 305 g/mol. The van der Waals surface area contributed by atoms with Crippen LogP contribution in [0.15, 0.2) is 54.9 Å². The van der Waals surface area contributed by atoms with E-state index in [0.717, 1.165) is 41.3 Å². The largest absolute Gasteiger partial charge is 0.490 e. The molecule has 2 heterocycles. The molecule has 1 aliphatic heterocycles. The fraction of sp³-hybridized carbons (Fsp3) is 0.250. The van der Waals surface area contributed by atoms with Gasteiger partial charge in [-0.3, -0.25) is 4.98 Å². The summed E-state index contributed by atoms with van der Waals surface area (Å²) in [4.78, 5) is 4.15. The van der Waals surface area contributed by atoms with Gasteiger partial charge in [0.05, 0.1) is 6.10 Å². The summed E-state index contributed by atoms with van der Waals surface area (Å²) in [6.07, 6.45) is 5.76. The summed E-state index contributed by atoms with van der Waals surface area (Å²) in [7, 11) is 0. The van der Waals surface area contributed by atoms with Crippen LogP contribution in [-0.4, -0.2) is 24.3 Å². The summed E-state index contributed by atoms with van der Waals surface area (Å²) in [5.41, 5.74) is 1.70. The lowest BCUT2D eigenvalue weighted by Crippen LogP contribution is -2.16. The molecule has 1 unspecified atom stereocenters. The van der Waals surface area contributed by atoms with Crippen LogP contribution in [0.25, 0.3) is 21.9 Å². The molecule has 0 bridgehead atoms. The molecule has 3 nitrogen and oxygen atoms in total. The van der Waals surface area contributed by atoms with E-state index in [9.17, 15) is 4.39 Å². The highest BCUT2D eigenvalue weighted by Gasteiger charge is 2.18. The third kappa shape index (κ3) is 2.97. The Morgan fingerprint density at radius 2 is 2.12 bits per heavy atom. The topological polar surface area (TPSA) is 31.4 Å². The summed E-state index contributed by atoms with van der Waals surface area (Å²) < 4.78 is 25.5.